The maximum Gasteiger partial charge on any atom is 0.341 e. The molecule has 27 heavy (non-hydrogen) atoms. The number of amides is 1. The van der Waals surface area contributed by atoms with E-state index in [1.807, 2.05) is 0 Å². The second-order valence-electron chi connectivity index (χ2n) is 5.50. The van der Waals surface area contributed by atoms with Gasteiger partial charge in [-0.1, -0.05) is 23.5 Å². The molecule has 1 aromatic carbocycles. The number of carbonyl (C=O) groups excluding carboxylic acids is 2. The molecule has 3 aromatic rings. The molecule has 0 atom stereocenters. The number of anilines is 1. The van der Waals surface area contributed by atoms with Gasteiger partial charge in [-0.05, 0) is 31.5 Å². The highest BCUT2D eigenvalue weighted by molar-refractivity contribution is 7.15. The third-order valence-corrected chi connectivity index (χ3v) is 5.56. The highest BCUT2D eigenvalue weighted by Crippen LogP contribution is 2.36. The summed E-state index contributed by atoms with van der Waals surface area (Å²) in [6.07, 6.45) is 0. The van der Waals surface area contributed by atoms with Crippen molar-refractivity contribution >= 4 is 39.6 Å². The van der Waals surface area contributed by atoms with E-state index in [4.69, 9.17) is 4.74 Å². The largest absolute Gasteiger partial charge is 0.462 e. The van der Waals surface area contributed by atoms with Gasteiger partial charge < -0.3 is 15.0 Å². The minimum atomic E-state index is -0.590. The number of hydrogen-bond acceptors (Lipinski definition) is 6. The number of thiazole rings is 1. The van der Waals surface area contributed by atoms with E-state index in [0.717, 1.165) is 22.7 Å². The molecule has 0 spiro atoms. The van der Waals surface area contributed by atoms with Gasteiger partial charge in [-0.2, -0.15) is 0 Å². The van der Waals surface area contributed by atoms with Crippen molar-refractivity contribution in [3.8, 4) is 11.1 Å². The van der Waals surface area contributed by atoms with Crippen molar-refractivity contribution in [1.82, 2.24) is 4.98 Å². The molecule has 0 bridgehead atoms. The first-order valence-corrected chi connectivity index (χ1v) is 9.66. The highest BCUT2D eigenvalue weighted by atomic mass is 32.1. The predicted molar refractivity (Wildman–Crippen MR) is 103 cm³/mol. The van der Waals surface area contributed by atoms with E-state index in [1.165, 1.54) is 12.1 Å². The van der Waals surface area contributed by atoms with Crippen LogP contribution in [-0.4, -0.2) is 23.5 Å². The summed E-state index contributed by atoms with van der Waals surface area (Å²) in [5.74, 6) is -1.47. The average Bonchev–Trinajstić information content (AvgIpc) is 3.18. The highest BCUT2D eigenvalue weighted by Gasteiger charge is 2.24. The minimum Gasteiger partial charge on any atom is -0.462 e. The van der Waals surface area contributed by atoms with Crippen molar-refractivity contribution in [2.45, 2.75) is 13.8 Å². The van der Waals surface area contributed by atoms with E-state index in [1.54, 1.807) is 31.4 Å². The number of carbonyl (C=O) groups is 2. The first-order chi connectivity index (χ1) is 12.9. The third-order valence-electron chi connectivity index (χ3n) is 3.68. The maximum absolute atomic E-state index is 13.2. The Labute approximate surface area is 161 Å². The predicted octanol–water partition coefficient (Wildman–Crippen LogP) is 4.04. The third kappa shape index (κ3) is 3.99. The summed E-state index contributed by atoms with van der Waals surface area (Å²) in [6.45, 7) is 3.47. The molecule has 1 amide bonds. The number of rotatable bonds is 5. The molecule has 0 radical (unpaired) electrons. The molecule has 0 saturated carbocycles. The Kier molecular flexibility index (Phi) is 5.52. The molecule has 0 aliphatic rings. The Morgan fingerprint density at radius 1 is 1.26 bits per heavy atom. The summed E-state index contributed by atoms with van der Waals surface area (Å²) in [7, 11) is 0. The van der Waals surface area contributed by atoms with Gasteiger partial charge >= 0.3 is 10.8 Å². The van der Waals surface area contributed by atoms with Crippen LogP contribution in [0.4, 0.5) is 9.39 Å². The zero-order chi connectivity index (χ0) is 19.6. The molecule has 6 nitrogen and oxygen atoms in total. The number of H-pyrrole nitrogens is 1. The van der Waals surface area contributed by atoms with Gasteiger partial charge in [0.25, 0.3) is 5.91 Å². The fourth-order valence-corrected chi connectivity index (χ4v) is 4.17. The molecule has 9 heteroatoms. The van der Waals surface area contributed by atoms with Crippen LogP contribution in [0.5, 0.6) is 0 Å². The Balaban J connectivity index is 2.01. The van der Waals surface area contributed by atoms with Crippen LogP contribution >= 0.6 is 22.7 Å². The Morgan fingerprint density at radius 3 is 2.56 bits per heavy atom. The van der Waals surface area contributed by atoms with Crippen LogP contribution in [0.25, 0.3) is 11.1 Å². The molecular weight excluding hydrogens is 391 g/mol. The summed E-state index contributed by atoms with van der Waals surface area (Å²) in [5, 5.41) is 4.68. The van der Waals surface area contributed by atoms with Crippen LogP contribution in [0.2, 0.25) is 0 Å². The average molecular weight is 406 g/mol. The van der Waals surface area contributed by atoms with Crippen molar-refractivity contribution in [3.05, 3.63) is 61.3 Å². The van der Waals surface area contributed by atoms with Gasteiger partial charge in [0.15, 0.2) is 0 Å². The first kappa shape index (κ1) is 19.0. The van der Waals surface area contributed by atoms with E-state index >= 15 is 0 Å². The molecule has 2 N–H and O–H groups in total. The lowest BCUT2D eigenvalue weighted by molar-refractivity contribution is 0.0529. The van der Waals surface area contributed by atoms with Crippen LogP contribution in [0.1, 0.15) is 32.6 Å². The van der Waals surface area contributed by atoms with Crippen LogP contribution < -0.4 is 10.2 Å². The van der Waals surface area contributed by atoms with Crippen molar-refractivity contribution in [2.75, 3.05) is 11.9 Å². The summed E-state index contributed by atoms with van der Waals surface area (Å²) in [4.78, 5) is 38.9. The molecule has 2 heterocycles. The van der Waals surface area contributed by atoms with Crippen LogP contribution in [0.15, 0.2) is 34.4 Å². The number of nitrogens with one attached hydrogen (secondary N) is 2. The van der Waals surface area contributed by atoms with Crippen molar-refractivity contribution in [1.29, 1.82) is 0 Å². The molecule has 0 saturated heterocycles. The van der Waals surface area contributed by atoms with E-state index in [9.17, 15) is 18.8 Å². The molecular formula is C18H15FN2O4S2. The van der Waals surface area contributed by atoms with Crippen LogP contribution in [-0.2, 0) is 4.74 Å². The number of benzene rings is 1. The van der Waals surface area contributed by atoms with E-state index in [0.29, 0.717) is 21.8 Å². The zero-order valence-corrected chi connectivity index (χ0v) is 16.1. The number of aryl methyl sites for hydroxylation is 1. The normalized spacial score (nSPS) is 10.6. The van der Waals surface area contributed by atoms with Crippen LogP contribution in [0, 0.1) is 12.7 Å². The number of hydrogen-bond donors (Lipinski definition) is 2. The monoisotopic (exact) mass is 406 g/mol. The Hall–Kier alpha value is -2.78. The lowest BCUT2D eigenvalue weighted by atomic mass is 10.0. The zero-order valence-electron chi connectivity index (χ0n) is 14.4. The van der Waals surface area contributed by atoms with Crippen molar-refractivity contribution in [3.63, 3.8) is 0 Å². The second-order valence-corrected chi connectivity index (χ2v) is 7.37. The molecule has 2 aromatic heterocycles. The SMILES string of the molecule is CCOC(=O)c1c(-c2ccc(F)cc2)csc1NC(=O)c1sc(=O)[nH]c1C. The minimum absolute atomic E-state index is 0.170. The van der Waals surface area contributed by atoms with Gasteiger partial charge in [0, 0.05) is 16.6 Å². The van der Waals surface area contributed by atoms with Gasteiger partial charge in [0.2, 0.25) is 0 Å². The molecule has 0 aliphatic heterocycles. The second kappa shape index (κ2) is 7.85. The molecule has 0 aliphatic carbocycles. The molecule has 3 rings (SSSR count). The summed E-state index contributed by atoms with van der Waals surface area (Å²) in [5.41, 5.74) is 1.81. The molecule has 0 fully saturated rings. The fraction of sp³-hybridized carbons (Fsp3) is 0.167. The van der Waals surface area contributed by atoms with Gasteiger partial charge in [0.1, 0.15) is 21.3 Å². The molecule has 140 valence electrons. The first-order valence-electron chi connectivity index (χ1n) is 7.96. The maximum atomic E-state index is 13.2. The quantitative estimate of drug-likeness (QED) is 0.626. The summed E-state index contributed by atoms with van der Waals surface area (Å²) < 4.78 is 18.3. The number of thiophene rings is 1. The number of aromatic amines is 1. The fourth-order valence-electron chi connectivity index (χ4n) is 2.48. The smallest absolute Gasteiger partial charge is 0.341 e. The van der Waals surface area contributed by atoms with E-state index < -0.39 is 17.7 Å². The van der Waals surface area contributed by atoms with Gasteiger partial charge in [0.05, 0.1) is 6.61 Å². The van der Waals surface area contributed by atoms with Crippen molar-refractivity contribution in [2.24, 2.45) is 0 Å². The lowest BCUT2D eigenvalue weighted by Crippen LogP contribution is -2.14. The van der Waals surface area contributed by atoms with Gasteiger partial charge in [-0.25, -0.2) is 9.18 Å². The van der Waals surface area contributed by atoms with Gasteiger partial charge in [-0.3, -0.25) is 9.59 Å². The Morgan fingerprint density at radius 2 is 1.96 bits per heavy atom. The van der Waals surface area contributed by atoms with Crippen LogP contribution in [0.3, 0.4) is 0 Å². The summed E-state index contributed by atoms with van der Waals surface area (Å²) >= 11 is 1.95. The number of esters is 1. The lowest BCUT2D eigenvalue weighted by Gasteiger charge is -2.08. The number of aromatic nitrogens is 1. The van der Waals surface area contributed by atoms with E-state index in [2.05, 4.69) is 10.3 Å². The standard InChI is InChI=1S/C18H15FN2O4S2/c1-3-25-17(23)13-12(10-4-6-11(19)7-5-10)8-26-16(13)21-15(22)14-9(2)20-18(24)27-14/h4-8H,3H2,1-2H3,(H,20,24)(H,21,22). The van der Waals surface area contributed by atoms with Crippen molar-refractivity contribution < 1.29 is 18.7 Å². The van der Waals surface area contributed by atoms with E-state index in [-0.39, 0.29) is 21.9 Å². The Bertz CT molecular complexity index is 1050. The number of halogens is 1. The van der Waals surface area contributed by atoms with Gasteiger partial charge in [-0.15, -0.1) is 11.3 Å². The summed E-state index contributed by atoms with van der Waals surface area (Å²) in [6, 6.07) is 5.68. The topological polar surface area (TPSA) is 88.3 Å². The number of ether oxygens (including phenoxy) is 1. The molecule has 0 unspecified atom stereocenters.